The first-order chi connectivity index (χ1) is 11.2. The van der Waals surface area contributed by atoms with Gasteiger partial charge in [0.05, 0.1) is 6.04 Å². The molecule has 5 heteroatoms. The molecule has 2 heterocycles. The van der Waals surface area contributed by atoms with E-state index in [1.165, 1.54) is 5.56 Å². The van der Waals surface area contributed by atoms with Gasteiger partial charge in [-0.3, -0.25) is 9.80 Å². The first-order valence-corrected chi connectivity index (χ1v) is 8.20. The van der Waals surface area contributed by atoms with Crippen molar-refractivity contribution in [3.05, 3.63) is 53.7 Å². The molecular formula is C18H24N4O. The Kier molecular flexibility index (Phi) is 5.20. The van der Waals surface area contributed by atoms with Crippen LogP contribution in [0.3, 0.4) is 0 Å². The van der Waals surface area contributed by atoms with Crippen molar-refractivity contribution in [3.8, 4) is 0 Å². The van der Waals surface area contributed by atoms with E-state index in [4.69, 9.17) is 4.52 Å². The molecule has 122 valence electrons. The van der Waals surface area contributed by atoms with Gasteiger partial charge in [-0.05, 0) is 19.4 Å². The quantitative estimate of drug-likeness (QED) is 0.849. The first-order valence-electron chi connectivity index (χ1n) is 8.20. The van der Waals surface area contributed by atoms with Crippen molar-refractivity contribution < 1.29 is 4.52 Å². The molecule has 1 atom stereocenters. The van der Waals surface area contributed by atoms with Crippen LogP contribution in [-0.4, -0.2) is 52.7 Å². The summed E-state index contributed by atoms with van der Waals surface area (Å²) in [6.07, 6.45) is 4.44. The second kappa shape index (κ2) is 7.53. The SMILES string of the molecule is Cc1noc([C@H](C)N2CCN(C/C=C\c3ccccc3)CC2)n1. The molecule has 0 N–H and O–H groups in total. The van der Waals surface area contributed by atoms with E-state index < -0.39 is 0 Å². The van der Waals surface area contributed by atoms with Gasteiger partial charge >= 0.3 is 0 Å². The highest BCUT2D eigenvalue weighted by Crippen LogP contribution is 2.19. The van der Waals surface area contributed by atoms with E-state index in [2.05, 4.69) is 63.3 Å². The number of nitrogens with zero attached hydrogens (tertiary/aromatic N) is 4. The number of rotatable bonds is 5. The number of hydrogen-bond donors (Lipinski definition) is 0. The zero-order chi connectivity index (χ0) is 16.1. The molecule has 0 amide bonds. The van der Waals surface area contributed by atoms with Crippen molar-refractivity contribution in [2.45, 2.75) is 19.9 Å². The van der Waals surface area contributed by atoms with Gasteiger partial charge in [0.1, 0.15) is 0 Å². The van der Waals surface area contributed by atoms with Crippen LogP contribution < -0.4 is 0 Å². The molecule has 1 saturated heterocycles. The summed E-state index contributed by atoms with van der Waals surface area (Å²) in [6.45, 7) is 9.18. The number of aryl methyl sites for hydroxylation is 1. The predicted molar refractivity (Wildman–Crippen MR) is 90.9 cm³/mol. The predicted octanol–water partition coefficient (Wildman–Crippen LogP) is 2.77. The average molecular weight is 312 g/mol. The number of hydrogen-bond acceptors (Lipinski definition) is 5. The van der Waals surface area contributed by atoms with E-state index in [0.717, 1.165) is 38.6 Å². The molecule has 3 rings (SSSR count). The van der Waals surface area contributed by atoms with Gasteiger partial charge in [0.2, 0.25) is 5.89 Å². The lowest BCUT2D eigenvalue weighted by Gasteiger charge is -2.36. The van der Waals surface area contributed by atoms with Crippen LogP contribution >= 0.6 is 0 Å². The van der Waals surface area contributed by atoms with Gasteiger partial charge in [-0.25, -0.2) is 0 Å². The molecule has 23 heavy (non-hydrogen) atoms. The molecule has 1 aliphatic rings. The van der Waals surface area contributed by atoms with Crippen molar-refractivity contribution in [2.75, 3.05) is 32.7 Å². The first kappa shape index (κ1) is 15.9. The highest BCUT2D eigenvalue weighted by atomic mass is 16.5. The van der Waals surface area contributed by atoms with Crippen molar-refractivity contribution in [3.63, 3.8) is 0 Å². The fourth-order valence-corrected chi connectivity index (χ4v) is 2.87. The summed E-state index contributed by atoms with van der Waals surface area (Å²) in [5.41, 5.74) is 1.26. The molecule has 0 saturated carbocycles. The second-order valence-electron chi connectivity index (χ2n) is 6.01. The number of aromatic nitrogens is 2. The highest BCUT2D eigenvalue weighted by Gasteiger charge is 2.24. The number of piperazine rings is 1. The molecule has 5 nitrogen and oxygen atoms in total. The topological polar surface area (TPSA) is 45.4 Å². The molecular weight excluding hydrogens is 288 g/mol. The second-order valence-corrected chi connectivity index (χ2v) is 6.01. The molecule has 1 aliphatic heterocycles. The Labute approximate surface area is 137 Å². The van der Waals surface area contributed by atoms with E-state index in [1.54, 1.807) is 0 Å². The van der Waals surface area contributed by atoms with Gasteiger partial charge in [0, 0.05) is 32.7 Å². The third-order valence-electron chi connectivity index (χ3n) is 4.33. The summed E-state index contributed by atoms with van der Waals surface area (Å²) in [4.78, 5) is 9.22. The van der Waals surface area contributed by atoms with Crippen LogP contribution in [-0.2, 0) is 0 Å². The maximum Gasteiger partial charge on any atom is 0.243 e. The van der Waals surface area contributed by atoms with Gasteiger partial charge in [-0.15, -0.1) is 0 Å². The normalized spacial score (nSPS) is 18.5. The molecule has 0 unspecified atom stereocenters. The molecule has 0 radical (unpaired) electrons. The van der Waals surface area contributed by atoms with Gasteiger partial charge in [-0.1, -0.05) is 47.6 Å². The minimum atomic E-state index is 0.193. The Morgan fingerprint density at radius 1 is 1.17 bits per heavy atom. The molecule has 1 aromatic carbocycles. The third kappa shape index (κ3) is 4.27. The zero-order valence-corrected chi connectivity index (χ0v) is 13.9. The van der Waals surface area contributed by atoms with Gasteiger partial charge in [-0.2, -0.15) is 4.98 Å². The van der Waals surface area contributed by atoms with Crippen LogP contribution in [0.5, 0.6) is 0 Å². The average Bonchev–Trinajstić information content (AvgIpc) is 3.02. The van der Waals surface area contributed by atoms with E-state index in [9.17, 15) is 0 Å². The van der Waals surface area contributed by atoms with E-state index in [0.29, 0.717) is 5.82 Å². The number of benzene rings is 1. The van der Waals surface area contributed by atoms with Crippen LogP contribution in [0.2, 0.25) is 0 Å². The van der Waals surface area contributed by atoms with E-state index in [-0.39, 0.29) is 6.04 Å². The van der Waals surface area contributed by atoms with E-state index in [1.807, 2.05) is 13.0 Å². The molecule has 1 aromatic heterocycles. The molecule has 0 bridgehead atoms. The van der Waals surface area contributed by atoms with Crippen LogP contribution in [0.15, 0.2) is 40.9 Å². The fraction of sp³-hybridized carbons (Fsp3) is 0.444. The zero-order valence-electron chi connectivity index (χ0n) is 13.9. The van der Waals surface area contributed by atoms with Gasteiger partial charge in [0.15, 0.2) is 5.82 Å². The summed E-state index contributed by atoms with van der Waals surface area (Å²) in [7, 11) is 0. The third-order valence-corrected chi connectivity index (χ3v) is 4.33. The summed E-state index contributed by atoms with van der Waals surface area (Å²) < 4.78 is 5.29. The Bertz CT molecular complexity index is 629. The van der Waals surface area contributed by atoms with Crippen molar-refractivity contribution in [1.82, 2.24) is 19.9 Å². The van der Waals surface area contributed by atoms with Crippen LogP contribution in [0.25, 0.3) is 6.08 Å². The Balaban J connectivity index is 1.46. The lowest BCUT2D eigenvalue weighted by molar-refractivity contribution is 0.0947. The van der Waals surface area contributed by atoms with Crippen molar-refractivity contribution >= 4 is 6.08 Å². The lowest BCUT2D eigenvalue weighted by Crippen LogP contribution is -2.47. The molecule has 1 fully saturated rings. The van der Waals surface area contributed by atoms with Crippen molar-refractivity contribution in [1.29, 1.82) is 0 Å². The molecule has 2 aromatic rings. The maximum atomic E-state index is 5.29. The Hall–Kier alpha value is -1.98. The summed E-state index contributed by atoms with van der Waals surface area (Å²) in [5.74, 6) is 1.43. The largest absolute Gasteiger partial charge is 0.338 e. The smallest absolute Gasteiger partial charge is 0.243 e. The minimum absolute atomic E-state index is 0.193. The standard InChI is InChI=1S/C18H24N4O/c1-15(18-19-16(2)20-23-18)22-13-11-21(12-14-22)10-6-9-17-7-4-3-5-8-17/h3-9,15H,10-14H2,1-2H3/b9-6-/t15-/m0/s1. The summed E-state index contributed by atoms with van der Waals surface area (Å²) in [5, 5.41) is 3.88. The summed E-state index contributed by atoms with van der Waals surface area (Å²) >= 11 is 0. The molecule has 0 spiro atoms. The van der Waals surface area contributed by atoms with Crippen molar-refractivity contribution in [2.24, 2.45) is 0 Å². The molecule has 0 aliphatic carbocycles. The van der Waals surface area contributed by atoms with Crippen LogP contribution in [0, 0.1) is 6.92 Å². The lowest BCUT2D eigenvalue weighted by atomic mass is 10.2. The minimum Gasteiger partial charge on any atom is -0.338 e. The van der Waals surface area contributed by atoms with Crippen LogP contribution in [0.4, 0.5) is 0 Å². The fourth-order valence-electron chi connectivity index (χ4n) is 2.87. The van der Waals surface area contributed by atoms with Gasteiger partial charge < -0.3 is 4.52 Å². The van der Waals surface area contributed by atoms with Gasteiger partial charge in [0.25, 0.3) is 0 Å². The monoisotopic (exact) mass is 312 g/mol. The van der Waals surface area contributed by atoms with Crippen LogP contribution in [0.1, 0.15) is 30.2 Å². The maximum absolute atomic E-state index is 5.29. The van der Waals surface area contributed by atoms with E-state index >= 15 is 0 Å². The summed E-state index contributed by atoms with van der Waals surface area (Å²) in [6, 6.07) is 10.6. The Morgan fingerprint density at radius 3 is 2.57 bits per heavy atom. The Morgan fingerprint density at radius 2 is 1.91 bits per heavy atom. The highest BCUT2D eigenvalue weighted by molar-refractivity contribution is 5.48.